The van der Waals surface area contributed by atoms with E-state index in [1.54, 1.807) is 0 Å². The van der Waals surface area contributed by atoms with Crippen LogP contribution in [0.2, 0.25) is 0 Å². The Labute approximate surface area is 70.8 Å². The highest BCUT2D eigenvalue weighted by Gasteiger charge is 1.96. The molecule has 0 fully saturated rings. The number of rotatable bonds is 4. The Morgan fingerprint density at radius 1 is 1.55 bits per heavy atom. The maximum atomic E-state index is 10.6. The van der Waals surface area contributed by atoms with Crippen molar-refractivity contribution < 1.29 is 9.53 Å². The SMILES string of the molecule is C=COC(=O)CC=C(Cl)C=C. The molecule has 0 saturated heterocycles. The van der Waals surface area contributed by atoms with Gasteiger partial charge < -0.3 is 4.74 Å². The van der Waals surface area contributed by atoms with Crippen molar-refractivity contribution in [3.8, 4) is 0 Å². The minimum absolute atomic E-state index is 0.136. The minimum Gasteiger partial charge on any atom is -0.435 e. The molecule has 0 aliphatic heterocycles. The molecule has 0 aliphatic rings. The summed E-state index contributed by atoms with van der Waals surface area (Å²) in [6, 6.07) is 0. The molecule has 0 heterocycles. The molecule has 0 unspecified atom stereocenters. The van der Waals surface area contributed by atoms with E-state index >= 15 is 0 Å². The summed E-state index contributed by atoms with van der Waals surface area (Å²) in [7, 11) is 0. The Morgan fingerprint density at radius 3 is 2.64 bits per heavy atom. The van der Waals surface area contributed by atoms with Crippen molar-refractivity contribution in [1.82, 2.24) is 0 Å². The van der Waals surface area contributed by atoms with Crippen LogP contribution in [0.3, 0.4) is 0 Å². The number of halogens is 1. The van der Waals surface area contributed by atoms with Gasteiger partial charge >= 0.3 is 5.97 Å². The topological polar surface area (TPSA) is 26.3 Å². The standard InChI is InChI=1S/C8H9ClO2/c1-3-7(9)5-6-8(10)11-4-2/h3-5H,1-2,6H2. The first-order valence-corrected chi connectivity index (χ1v) is 3.37. The maximum Gasteiger partial charge on any atom is 0.314 e. The highest BCUT2D eigenvalue weighted by atomic mass is 35.5. The Balaban J connectivity index is 3.77. The Bertz CT molecular complexity index is 194. The lowest BCUT2D eigenvalue weighted by molar-refractivity contribution is -0.136. The van der Waals surface area contributed by atoms with Gasteiger partial charge in [-0.05, 0) is 0 Å². The molecule has 3 heteroatoms. The molecular weight excluding hydrogens is 164 g/mol. The molecule has 0 rings (SSSR count). The van der Waals surface area contributed by atoms with Crippen LogP contribution in [0.15, 0.2) is 36.6 Å². The zero-order valence-electron chi connectivity index (χ0n) is 6.05. The Morgan fingerprint density at radius 2 is 2.18 bits per heavy atom. The maximum absolute atomic E-state index is 10.6. The number of hydrogen-bond donors (Lipinski definition) is 0. The van der Waals surface area contributed by atoms with Gasteiger partial charge in [0.05, 0.1) is 12.7 Å². The number of ether oxygens (including phenoxy) is 1. The molecule has 2 nitrogen and oxygen atoms in total. The van der Waals surface area contributed by atoms with Gasteiger partial charge in [0.25, 0.3) is 0 Å². The summed E-state index contributed by atoms with van der Waals surface area (Å²) < 4.78 is 4.42. The third kappa shape index (κ3) is 5.43. The van der Waals surface area contributed by atoms with E-state index in [9.17, 15) is 4.79 Å². The molecule has 0 saturated carbocycles. The monoisotopic (exact) mass is 172 g/mol. The van der Waals surface area contributed by atoms with E-state index in [1.807, 2.05) is 0 Å². The molecule has 11 heavy (non-hydrogen) atoms. The quantitative estimate of drug-likeness (QED) is 0.370. The first-order chi connectivity index (χ1) is 5.20. The van der Waals surface area contributed by atoms with Crippen molar-refractivity contribution in [2.75, 3.05) is 0 Å². The molecule has 0 atom stereocenters. The van der Waals surface area contributed by atoms with Crippen molar-refractivity contribution in [1.29, 1.82) is 0 Å². The molecule has 0 radical (unpaired) electrons. The molecule has 0 amide bonds. The van der Waals surface area contributed by atoms with Crippen LogP contribution >= 0.6 is 11.6 Å². The molecule has 0 aliphatic carbocycles. The predicted molar refractivity (Wildman–Crippen MR) is 45.0 cm³/mol. The third-order valence-electron chi connectivity index (χ3n) is 0.874. The van der Waals surface area contributed by atoms with E-state index in [4.69, 9.17) is 11.6 Å². The second-order valence-corrected chi connectivity index (χ2v) is 2.09. The molecule has 0 aromatic heterocycles. The van der Waals surface area contributed by atoms with E-state index < -0.39 is 0 Å². The van der Waals surface area contributed by atoms with Crippen LogP contribution < -0.4 is 0 Å². The van der Waals surface area contributed by atoms with Crippen LogP contribution in [-0.2, 0) is 9.53 Å². The van der Waals surface area contributed by atoms with Gasteiger partial charge in [-0.15, -0.1) is 0 Å². The molecule has 0 N–H and O–H groups in total. The summed E-state index contributed by atoms with van der Waals surface area (Å²) in [5.41, 5.74) is 0. The van der Waals surface area contributed by atoms with Crippen molar-refractivity contribution >= 4 is 17.6 Å². The van der Waals surface area contributed by atoms with Crippen LogP contribution in [0.5, 0.6) is 0 Å². The van der Waals surface area contributed by atoms with Gasteiger partial charge in [-0.25, -0.2) is 0 Å². The third-order valence-corrected chi connectivity index (χ3v) is 1.18. The zero-order chi connectivity index (χ0) is 8.69. The van der Waals surface area contributed by atoms with Crippen molar-refractivity contribution in [2.45, 2.75) is 6.42 Å². The Kier molecular flexibility index (Phi) is 5.21. The second kappa shape index (κ2) is 5.74. The molecule has 0 aromatic rings. The predicted octanol–water partition coefficient (Wildman–Crippen LogP) is 2.37. The second-order valence-electron chi connectivity index (χ2n) is 1.65. The molecular formula is C8H9ClO2. The lowest BCUT2D eigenvalue weighted by atomic mass is 10.4. The van der Waals surface area contributed by atoms with E-state index in [2.05, 4.69) is 17.9 Å². The van der Waals surface area contributed by atoms with Crippen LogP contribution in [0.25, 0.3) is 0 Å². The normalized spacial score (nSPS) is 10.5. The van der Waals surface area contributed by atoms with Crippen LogP contribution in [-0.4, -0.2) is 5.97 Å². The largest absolute Gasteiger partial charge is 0.435 e. The van der Waals surface area contributed by atoms with Crippen LogP contribution in [0.1, 0.15) is 6.42 Å². The zero-order valence-corrected chi connectivity index (χ0v) is 6.80. The highest BCUT2D eigenvalue weighted by Crippen LogP contribution is 2.03. The average molecular weight is 173 g/mol. The van der Waals surface area contributed by atoms with E-state index in [1.165, 1.54) is 12.2 Å². The van der Waals surface area contributed by atoms with Crippen molar-refractivity contribution in [3.63, 3.8) is 0 Å². The molecule has 0 bridgehead atoms. The van der Waals surface area contributed by atoms with E-state index in [0.717, 1.165) is 6.26 Å². The lowest BCUT2D eigenvalue weighted by Crippen LogP contribution is -1.96. The lowest BCUT2D eigenvalue weighted by Gasteiger charge is -1.92. The minimum atomic E-state index is -0.389. The highest BCUT2D eigenvalue weighted by molar-refractivity contribution is 6.31. The fourth-order valence-corrected chi connectivity index (χ4v) is 0.482. The first kappa shape index (κ1) is 9.98. The van der Waals surface area contributed by atoms with E-state index in [0.29, 0.717) is 5.03 Å². The summed E-state index contributed by atoms with van der Waals surface area (Å²) >= 11 is 5.52. The van der Waals surface area contributed by atoms with Gasteiger partial charge in [-0.1, -0.05) is 36.9 Å². The number of carbonyl (C=O) groups excluding carboxylic acids is 1. The summed E-state index contributed by atoms with van der Waals surface area (Å²) in [6.07, 6.45) is 4.18. The summed E-state index contributed by atoms with van der Waals surface area (Å²) in [5.74, 6) is -0.389. The van der Waals surface area contributed by atoms with Crippen LogP contribution in [0.4, 0.5) is 0 Å². The van der Waals surface area contributed by atoms with Gasteiger partial charge in [-0.2, -0.15) is 0 Å². The first-order valence-electron chi connectivity index (χ1n) is 2.99. The number of hydrogen-bond acceptors (Lipinski definition) is 2. The smallest absolute Gasteiger partial charge is 0.314 e. The van der Waals surface area contributed by atoms with Gasteiger partial charge in [0, 0.05) is 5.03 Å². The summed E-state index contributed by atoms with van der Waals surface area (Å²) in [6.45, 7) is 6.64. The summed E-state index contributed by atoms with van der Waals surface area (Å²) in [5, 5.41) is 0.436. The van der Waals surface area contributed by atoms with Crippen molar-refractivity contribution in [2.24, 2.45) is 0 Å². The Hall–Kier alpha value is -1.02. The molecule has 60 valence electrons. The molecule has 0 spiro atoms. The average Bonchev–Trinajstić information content (AvgIpc) is 2.01. The van der Waals surface area contributed by atoms with Gasteiger partial charge in [0.1, 0.15) is 0 Å². The van der Waals surface area contributed by atoms with Gasteiger partial charge in [-0.3, -0.25) is 4.79 Å². The fraction of sp³-hybridized carbons (Fsp3) is 0.125. The number of allylic oxidation sites excluding steroid dienone is 2. The van der Waals surface area contributed by atoms with Gasteiger partial charge in [0.15, 0.2) is 0 Å². The number of carbonyl (C=O) groups is 1. The van der Waals surface area contributed by atoms with Crippen molar-refractivity contribution in [3.05, 3.63) is 36.6 Å². The van der Waals surface area contributed by atoms with Crippen LogP contribution in [0, 0.1) is 0 Å². The fourth-order valence-electron chi connectivity index (χ4n) is 0.405. The molecule has 0 aromatic carbocycles. The van der Waals surface area contributed by atoms with Gasteiger partial charge in [0.2, 0.25) is 0 Å². The van der Waals surface area contributed by atoms with E-state index in [-0.39, 0.29) is 12.4 Å². The number of esters is 1. The summed E-state index contributed by atoms with van der Waals surface area (Å²) in [4.78, 5) is 10.6.